The fraction of sp³-hybridized carbons (Fsp3) is 0.571. The van der Waals surface area contributed by atoms with Crippen LogP contribution in [0.1, 0.15) is 18.9 Å². The van der Waals surface area contributed by atoms with Crippen LogP contribution in [0.15, 0.2) is 23.1 Å². The van der Waals surface area contributed by atoms with Crippen molar-refractivity contribution >= 4 is 10.0 Å². The van der Waals surface area contributed by atoms with Gasteiger partial charge in [0.15, 0.2) is 0 Å². The highest BCUT2D eigenvalue weighted by Crippen LogP contribution is 2.29. The highest BCUT2D eigenvalue weighted by atomic mass is 32.2. The third-order valence-corrected chi connectivity index (χ3v) is 5.83. The molecule has 2 aliphatic heterocycles. The first-order chi connectivity index (χ1) is 9.63. The monoisotopic (exact) mass is 296 g/mol. The summed E-state index contributed by atoms with van der Waals surface area (Å²) in [5.74, 6) is 0.816. The maximum atomic E-state index is 12.8. The predicted octanol–water partition coefficient (Wildman–Crippen LogP) is 0.994. The van der Waals surface area contributed by atoms with Gasteiger partial charge in [0.2, 0.25) is 10.0 Å². The van der Waals surface area contributed by atoms with Crippen LogP contribution in [-0.4, -0.2) is 45.0 Å². The number of rotatable bonds is 5. The number of hydrogen-bond donors (Lipinski definition) is 1. The number of nitrogens with one attached hydrogen (secondary N) is 1. The molecule has 2 aliphatic rings. The Morgan fingerprint density at radius 3 is 2.85 bits per heavy atom. The molecule has 0 spiro atoms. The van der Waals surface area contributed by atoms with E-state index in [0.29, 0.717) is 18.0 Å². The first-order valence-electron chi connectivity index (χ1n) is 7.11. The second-order valence-corrected chi connectivity index (χ2v) is 7.19. The fourth-order valence-electron chi connectivity index (χ4n) is 2.66. The average Bonchev–Trinajstić information content (AvgIpc) is 2.83. The molecule has 1 aromatic rings. The van der Waals surface area contributed by atoms with Crippen LogP contribution in [-0.2, 0) is 16.4 Å². The molecule has 0 bridgehead atoms. The number of sulfonamides is 1. The van der Waals surface area contributed by atoms with Gasteiger partial charge in [-0.2, -0.15) is 4.31 Å². The highest BCUT2D eigenvalue weighted by Gasteiger charge is 2.34. The van der Waals surface area contributed by atoms with Crippen LogP contribution in [0.25, 0.3) is 0 Å². The predicted molar refractivity (Wildman–Crippen MR) is 76.5 cm³/mol. The molecule has 5 nitrogen and oxygen atoms in total. The molecule has 20 heavy (non-hydrogen) atoms. The maximum absolute atomic E-state index is 12.8. The molecule has 1 aromatic carbocycles. The minimum atomic E-state index is -3.41. The summed E-state index contributed by atoms with van der Waals surface area (Å²) in [5, 5.41) is 3.14. The van der Waals surface area contributed by atoms with E-state index in [1.165, 1.54) is 0 Å². The lowest BCUT2D eigenvalue weighted by Crippen LogP contribution is -2.58. The molecular formula is C14H20N2O3S. The van der Waals surface area contributed by atoms with Crippen LogP contribution in [0.4, 0.5) is 0 Å². The van der Waals surface area contributed by atoms with Crippen molar-refractivity contribution in [3.05, 3.63) is 23.8 Å². The summed E-state index contributed by atoms with van der Waals surface area (Å²) in [4.78, 5) is 0.391. The van der Waals surface area contributed by atoms with Crippen LogP contribution < -0.4 is 10.1 Å². The van der Waals surface area contributed by atoms with Crippen molar-refractivity contribution in [2.45, 2.75) is 30.7 Å². The third-order valence-electron chi connectivity index (χ3n) is 3.88. The topological polar surface area (TPSA) is 58.6 Å². The number of benzene rings is 1. The van der Waals surface area contributed by atoms with Crippen molar-refractivity contribution < 1.29 is 13.2 Å². The molecule has 1 fully saturated rings. The summed E-state index contributed by atoms with van der Waals surface area (Å²) < 4.78 is 32.7. The van der Waals surface area contributed by atoms with Crippen molar-refractivity contribution in [2.75, 3.05) is 26.2 Å². The van der Waals surface area contributed by atoms with E-state index < -0.39 is 10.0 Å². The van der Waals surface area contributed by atoms with Crippen molar-refractivity contribution in [3.63, 3.8) is 0 Å². The summed E-state index contributed by atoms with van der Waals surface area (Å²) in [6, 6.07) is 5.29. The van der Waals surface area contributed by atoms with E-state index in [-0.39, 0.29) is 6.04 Å². The van der Waals surface area contributed by atoms with Crippen molar-refractivity contribution in [1.29, 1.82) is 0 Å². The normalized spacial score (nSPS) is 18.7. The van der Waals surface area contributed by atoms with Crippen LogP contribution in [0, 0.1) is 0 Å². The van der Waals surface area contributed by atoms with E-state index >= 15 is 0 Å². The van der Waals surface area contributed by atoms with E-state index in [9.17, 15) is 8.42 Å². The highest BCUT2D eigenvalue weighted by molar-refractivity contribution is 7.89. The van der Waals surface area contributed by atoms with Gasteiger partial charge in [-0.25, -0.2) is 8.42 Å². The SMILES string of the molecule is CCCN(C1CNC1)S(=O)(=O)c1ccc2c(c1)CCO2. The van der Waals surface area contributed by atoms with Crippen LogP contribution >= 0.6 is 0 Å². The van der Waals surface area contributed by atoms with Crippen LogP contribution in [0.3, 0.4) is 0 Å². The molecule has 1 saturated heterocycles. The number of nitrogens with zero attached hydrogens (tertiary/aromatic N) is 1. The van der Waals surface area contributed by atoms with Gasteiger partial charge in [-0.3, -0.25) is 0 Å². The van der Waals surface area contributed by atoms with Crippen LogP contribution in [0.5, 0.6) is 5.75 Å². The van der Waals surface area contributed by atoms with E-state index in [4.69, 9.17) is 4.74 Å². The quantitative estimate of drug-likeness (QED) is 0.880. The summed E-state index contributed by atoms with van der Waals surface area (Å²) in [7, 11) is -3.41. The summed E-state index contributed by atoms with van der Waals surface area (Å²) in [5.41, 5.74) is 0.995. The van der Waals surface area contributed by atoms with Crippen molar-refractivity contribution in [3.8, 4) is 5.75 Å². The van der Waals surface area contributed by atoms with Gasteiger partial charge in [-0.15, -0.1) is 0 Å². The van der Waals surface area contributed by atoms with Gasteiger partial charge >= 0.3 is 0 Å². The van der Waals surface area contributed by atoms with Gasteiger partial charge < -0.3 is 10.1 Å². The van der Waals surface area contributed by atoms with Crippen LogP contribution in [0.2, 0.25) is 0 Å². The van der Waals surface area contributed by atoms with Gasteiger partial charge in [-0.05, 0) is 30.2 Å². The van der Waals surface area contributed by atoms with E-state index in [2.05, 4.69) is 5.32 Å². The first-order valence-corrected chi connectivity index (χ1v) is 8.55. The lowest BCUT2D eigenvalue weighted by molar-refractivity contribution is 0.242. The molecule has 1 N–H and O–H groups in total. The van der Waals surface area contributed by atoms with E-state index in [0.717, 1.165) is 37.2 Å². The molecule has 0 saturated carbocycles. The second-order valence-electron chi connectivity index (χ2n) is 5.30. The summed E-state index contributed by atoms with van der Waals surface area (Å²) in [6.07, 6.45) is 1.61. The van der Waals surface area contributed by atoms with Gasteiger partial charge in [-0.1, -0.05) is 6.92 Å². The smallest absolute Gasteiger partial charge is 0.243 e. The Bertz CT molecular complexity index is 596. The minimum Gasteiger partial charge on any atom is -0.493 e. The summed E-state index contributed by atoms with van der Waals surface area (Å²) in [6.45, 7) is 4.71. The largest absolute Gasteiger partial charge is 0.493 e. The molecule has 6 heteroatoms. The standard InChI is InChI=1S/C14H20N2O3S/c1-2-6-16(12-9-15-10-12)20(17,18)13-3-4-14-11(8-13)5-7-19-14/h3-4,8,12,15H,2,5-7,9-10H2,1H3. The molecular weight excluding hydrogens is 276 g/mol. The third kappa shape index (κ3) is 2.32. The number of fused-ring (bicyclic) bond motifs is 1. The average molecular weight is 296 g/mol. The Balaban J connectivity index is 1.93. The van der Waals surface area contributed by atoms with Gasteiger partial charge in [0.05, 0.1) is 17.5 Å². The zero-order chi connectivity index (χ0) is 14.2. The molecule has 2 heterocycles. The van der Waals surface area contributed by atoms with Crippen molar-refractivity contribution in [1.82, 2.24) is 9.62 Å². The number of ether oxygens (including phenoxy) is 1. The molecule has 110 valence electrons. The second kappa shape index (κ2) is 5.35. The maximum Gasteiger partial charge on any atom is 0.243 e. The van der Waals surface area contributed by atoms with Crippen molar-refractivity contribution in [2.24, 2.45) is 0 Å². The molecule has 0 aliphatic carbocycles. The lowest BCUT2D eigenvalue weighted by Gasteiger charge is -2.37. The fourth-order valence-corrected chi connectivity index (χ4v) is 4.42. The molecule has 0 atom stereocenters. The molecule has 0 amide bonds. The molecule has 0 radical (unpaired) electrons. The van der Waals surface area contributed by atoms with E-state index in [1.54, 1.807) is 22.5 Å². The van der Waals surface area contributed by atoms with Gasteiger partial charge in [0.1, 0.15) is 5.75 Å². The Labute approximate surface area is 120 Å². The lowest BCUT2D eigenvalue weighted by atomic mass is 10.2. The Kier molecular flexibility index (Phi) is 3.70. The van der Waals surface area contributed by atoms with Gasteiger partial charge in [0.25, 0.3) is 0 Å². The van der Waals surface area contributed by atoms with Gasteiger partial charge in [0, 0.05) is 26.1 Å². The summed E-state index contributed by atoms with van der Waals surface area (Å²) >= 11 is 0. The Morgan fingerprint density at radius 1 is 1.40 bits per heavy atom. The molecule has 0 aromatic heterocycles. The van der Waals surface area contributed by atoms with E-state index in [1.807, 2.05) is 6.92 Å². The minimum absolute atomic E-state index is 0.0875. The zero-order valence-corrected chi connectivity index (χ0v) is 12.4. The molecule has 0 unspecified atom stereocenters. The Hall–Kier alpha value is -1.11. The molecule has 3 rings (SSSR count). The number of hydrogen-bond acceptors (Lipinski definition) is 4. The Morgan fingerprint density at radius 2 is 2.20 bits per heavy atom. The first kappa shape index (κ1) is 13.9. The zero-order valence-electron chi connectivity index (χ0n) is 11.6.